The molecule has 1 aliphatic carbocycles. The normalized spacial score (nSPS) is 13.8. The third kappa shape index (κ3) is 4.41. The van der Waals surface area contributed by atoms with E-state index in [4.69, 9.17) is 4.74 Å². The predicted molar refractivity (Wildman–Crippen MR) is 114 cm³/mol. The number of nitrogens with zero attached hydrogens (tertiary/aromatic N) is 2. The van der Waals surface area contributed by atoms with Crippen LogP contribution < -0.4 is 10.9 Å². The fourth-order valence-electron chi connectivity index (χ4n) is 3.88. The van der Waals surface area contributed by atoms with E-state index in [1.54, 1.807) is 18.4 Å². The summed E-state index contributed by atoms with van der Waals surface area (Å²) in [6.07, 6.45) is 6.93. The van der Waals surface area contributed by atoms with E-state index < -0.39 is 0 Å². The second kappa shape index (κ2) is 8.88. The van der Waals surface area contributed by atoms with Gasteiger partial charge < -0.3 is 10.1 Å². The molecule has 3 aromatic rings. The summed E-state index contributed by atoms with van der Waals surface area (Å²) in [6, 6.07) is 7.89. The van der Waals surface area contributed by atoms with E-state index >= 15 is 0 Å². The van der Waals surface area contributed by atoms with Gasteiger partial charge >= 0.3 is 0 Å². The van der Waals surface area contributed by atoms with Gasteiger partial charge in [0.2, 0.25) is 5.91 Å². The van der Waals surface area contributed by atoms with Crippen molar-refractivity contribution >= 4 is 27.5 Å². The number of carbonyl (C=O) groups is 1. The average Bonchev–Trinajstić information content (AvgIpc) is 2.91. The Morgan fingerprint density at radius 2 is 2.07 bits per heavy atom. The molecular formula is C22H25N3O3S. The van der Waals surface area contributed by atoms with E-state index in [1.165, 1.54) is 28.6 Å². The van der Waals surface area contributed by atoms with Crippen LogP contribution >= 0.6 is 11.3 Å². The van der Waals surface area contributed by atoms with Crippen LogP contribution in [0.25, 0.3) is 10.2 Å². The number of fused-ring (bicyclic) bond motifs is 3. The molecule has 1 N–H and O–H groups in total. The summed E-state index contributed by atoms with van der Waals surface area (Å²) in [5.41, 5.74) is 3.11. The number of rotatable bonds is 6. The highest BCUT2D eigenvalue weighted by molar-refractivity contribution is 7.18. The standard InChI is InChI=1S/C22H25N3O3S/c1-28-13-16-7-5-6-15(10-16)11-23-19(26)12-25-14-24-21-20(22(25)27)17-8-3-2-4-9-18(17)29-21/h5-7,10,14H,2-4,8-9,11-13H2,1H3,(H,23,26). The summed E-state index contributed by atoms with van der Waals surface area (Å²) in [4.78, 5) is 32.0. The van der Waals surface area contributed by atoms with Crippen LogP contribution in [0.4, 0.5) is 0 Å². The second-order valence-corrected chi connectivity index (χ2v) is 8.54. The molecule has 152 valence electrons. The molecule has 1 aliphatic rings. The van der Waals surface area contributed by atoms with Gasteiger partial charge in [-0.1, -0.05) is 30.7 Å². The lowest BCUT2D eigenvalue weighted by Gasteiger charge is -2.09. The Labute approximate surface area is 173 Å². The molecule has 4 rings (SSSR count). The molecule has 0 unspecified atom stereocenters. The summed E-state index contributed by atoms with van der Waals surface area (Å²) in [6.45, 7) is 0.923. The van der Waals surface area contributed by atoms with Crippen molar-refractivity contribution in [2.24, 2.45) is 0 Å². The highest BCUT2D eigenvalue weighted by Gasteiger charge is 2.19. The molecule has 7 heteroatoms. The molecule has 1 aromatic carbocycles. The van der Waals surface area contributed by atoms with E-state index in [0.29, 0.717) is 13.2 Å². The zero-order chi connectivity index (χ0) is 20.2. The van der Waals surface area contributed by atoms with Crippen molar-refractivity contribution in [3.8, 4) is 0 Å². The third-order valence-electron chi connectivity index (χ3n) is 5.30. The fourth-order valence-corrected chi connectivity index (χ4v) is 5.10. The van der Waals surface area contributed by atoms with Crippen LogP contribution in [0, 0.1) is 0 Å². The number of methoxy groups -OCH3 is 1. The van der Waals surface area contributed by atoms with E-state index in [0.717, 1.165) is 46.2 Å². The Balaban J connectivity index is 1.48. The Hall–Kier alpha value is -2.51. The fraction of sp³-hybridized carbons (Fsp3) is 0.409. The number of ether oxygens (including phenoxy) is 1. The van der Waals surface area contributed by atoms with Gasteiger partial charge in [-0.3, -0.25) is 14.2 Å². The molecule has 6 nitrogen and oxygen atoms in total. The minimum Gasteiger partial charge on any atom is -0.380 e. The van der Waals surface area contributed by atoms with Crippen LogP contribution in [0.2, 0.25) is 0 Å². The average molecular weight is 412 g/mol. The van der Waals surface area contributed by atoms with Gasteiger partial charge in [-0.2, -0.15) is 0 Å². The Morgan fingerprint density at radius 3 is 2.93 bits per heavy atom. The van der Waals surface area contributed by atoms with Crippen molar-refractivity contribution < 1.29 is 9.53 Å². The van der Waals surface area contributed by atoms with E-state index in [-0.39, 0.29) is 18.0 Å². The molecule has 0 bridgehead atoms. The quantitative estimate of drug-likeness (QED) is 0.632. The molecule has 0 atom stereocenters. The van der Waals surface area contributed by atoms with Crippen LogP contribution in [0.15, 0.2) is 35.4 Å². The van der Waals surface area contributed by atoms with Gasteiger partial charge in [0.25, 0.3) is 5.56 Å². The number of thiophene rings is 1. The van der Waals surface area contributed by atoms with Crippen LogP contribution in [0.1, 0.15) is 40.8 Å². The van der Waals surface area contributed by atoms with Gasteiger partial charge in [0.1, 0.15) is 11.4 Å². The predicted octanol–water partition coefficient (Wildman–Crippen LogP) is 3.19. The summed E-state index contributed by atoms with van der Waals surface area (Å²) in [5, 5.41) is 3.61. The molecule has 0 saturated heterocycles. The lowest BCUT2D eigenvalue weighted by molar-refractivity contribution is -0.121. The first-order valence-corrected chi connectivity index (χ1v) is 10.8. The van der Waals surface area contributed by atoms with Gasteiger partial charge in [-0.15, -0.1) is 11.3 Å². The van der Waals surface area contributed by atoms with E-state index in [1.807, 2.05) is 24.3 Å². The number of amides is 1. The van der Waals surface area contributed by atoms with Crippen LogP contribution in [0.3, 0.4) is 0 Å². The molecule has 0 aliphatic heterocycles. The van der Waals surface area contributed by atoms with Gasteiger partial charge in [-0.25, -0.2) is 4.98 Å². The minimum atomic E-state index is -0.202. The number of benzene rings is 1. The number of hydrogen-bond acceptors (Lipinski definition) is 5. The number of aromatic nitrogens is 2. The first-order valence-electron chi connectivity index (χ1n) is 9.99. The topological polar surface area (TPSA) is 73.2 Å². The number of hydrogen-bond donors (Lipinski definition) is 1. The SMILES string of the molecule is COCc1cccc(CNC(=O)Cn2cnc3sc4c(c3c2=O)CCCCC4)c1. The van der Waals surface area contributed by atoms with E-state index in [2.05, 4.69) is 10.3 Å². The molecule has 2 heterocycles. The summed E-state index contributed by atoms with van der Waals surface area (Å²) < 4.78 is 6.57. The largest absolute Gasteiger partial charge is 0.380 e. The number of carbonyl (C=O) groups excluding carboxylic acids is 1. The van der Waals surface area contributed by atoms with Crippen molar-refractivity contribution in [3.05, 3.63) is 62.5 Å². The minimum absolute atomic E-state index is 0.0237. The van der Waals surface area contributed by atoms with Crippen molar-refractivity contribution in [1.29, 1.82) is 0 Å². The molecule has 29 heavy (non-hydrogen) atoms. The summed E-state index contributed by atoms with van der Waals surface area (Å²) in [5.74, 6) is -0.202. The third-order valence-corrected chi connectivity index (χ3v) is 6.50. The smallest absolute Gasteiger partial charge is 0.262 e. The zero-order valence-electron chi connectivity index (χ0n) is 16.6. The molecular weight excluding hydrogens is 386 g/mol. The maximum Gasteiger partial charge on any atom is 0.262 e. The Morgan fingerprint density at radius 1 is 1.24 bits per heavy atom. The maximum absolute atomic E-state index is 13.0. The van der Waals surface area contributed by atoms with Gasteiger partial charge in [0.05, 0.1) is 18.3 Å². The van der Waals surface area contributed by atoms with Gasteiger partial charge in [0, 0.05) is 18.5 Å². The maximum atomic E-state index is 13.0. The Bertz CT molecular complexity index is 1090. The van der Waals surface area contributed by atoms with Gasteiger partial charge in [-0.05, 0) is 42.4 Å². The first-order chi connectivity index (χ1) is 14.2. The van der Waals surface area contributed by atoms with Gasteiger partial charge in [0.15, 0.2) is 0 Å². The van der Waals surface area contributed by atoms with Crippen molar-refractivity contribution in [1.82, 2.24) is 14.9 Å². The second-order valence-electron chi connectivity index (χ2n) is 7.45. The monoisotopic (exact) mass is 411 g/mol. The molecule has 1 amide bonds. The summed E-state index contributed by atoms with van der Waals surface area (Å²) in [7, 11) is 1.66. The highest BCUT2D eigenvalue weighted by Crippen LogP contribution is 2.32. The van der Waals surface area contributed by atoms with Crippen molar-refractivity contribution in [2.75, 3.05) is 7.11 Å². The van der Waals surface area contributed by atoms with E-state index in [9.17, 15) is 9.59 Å². The molecule has 0 radical (unpaired) electrons. The molecule has 0 spiro atoms. The van der Waals surface area contributed by atoms with Crippen molar-refractivity contribution in [2.45, 2.75) is 51.8 Å². The van der Waals surface area contributed by atoms with Crippen LogP contribution in [-0.4, -0.2) is 22.6 Å². The number of nitrogens with one attached hydrogen (secondary N) is 1. The molecule has 0 fully saturated rings. The summed E-state index contributed by atoms with van der Waals surface area (Å²) >= 11 is 1.63. The molecule has 0 saturated carbocycles. The molecule has 2 aromatic heterocycles. The van der Waals surface area contributed by atoms with Crippen LogP contribution in [0.5, 0.6) is 0 Å². The lowest BCUT2D eigenvalue weighted by Crippen LogP contribution is -2.32. The lowest BCUT2D eigenvalue weighted by atomic mass is 10.1. The number of aryl methyl sites for hydroxylation is 2. The highest BCUT2D eigenvalue weighted by atomic mass is 32.1. The van der Waals surface area contributed by atoms with Crippen LogP contribution in [-0.2, 0) is 42.1 Å². The Kier molecular flexibility index (Phi) is 6.06. The first kappa shape index (κ1) is 19.8. The van der Waals surface area contributed by atoms with Crippen molar-refractivity contribution in [3.63, 3.8) is 0 Å². The zero-order valence-corrected chi connectivity index (χ0v) is 17.4.